The van der Waals surface area contributed by atoms with Crippen molar-refractivity contribution < 1.29 is 19.1 Å². The monoisotopic (exact) mass is 387 g/mol. The van der Waals surface area contributed by atoms with E-state index in [0.29, 0.717) is 22.7 Å². The number of ketones is 1. The molecular weight excluding hydrogens is 374 g/mol. The van der Waals surface area contributed by atoms with Crippen molar-refractivity contribution in [3.8, 4) is 11.5 Å². The van der Waals surface area contributed by atoms with E-state index in [1.165, 1.54) is 6.08 Å². The van der Waals surface area contributed by atoms with Crippen LogP contribution in [0.25, 0.3) is 6.08 Å². The van der Waals surface area contributed by atoms with E-state index in [-0.39, 0.29) is 23.8 Å². The van der Waals surface area contributed by atoms with Gasteiger partial charge in [-0.15, -0.1) is 0 Å². The summed E-state index contributed by atoms with van der Waals surface area (Å²) in [5.41, 5.74) is 2.05. The topological polar surface area (TPSA) is 64.6 Å². The molecule has 1 N–H and O–H groups in total. The lowest BCUT2D eigenvalue weighted by Gasteiger charge is -2.03. The Morgan fingerprint density at radius 1 is 1.08 bits per heavy atom. The smallest absolute Gasteiger partial charge is 0.235 e. The summed E-state index contributed by atoms with van der Waals surface area (Å²) in [7, 11) is 0. The van der Waals surface area contributed by atoms with Crippen LogP contribution in [0, 0.1) is 0 Å². The molecule has 0 radical (unpaired) electrons. The number of anilines is 1. The molecule has 1 amide bonds. The molecule has 6 heteroatoms. The van der Waals surface area contributed by atoms with Gasteiger partial charge < -0.3 is 14.8 Å². The van der Waals surface area contributed by atoms with Crippen molar-refractivity contribution in [2.45, 2.75) is 0 Å². The molecule has 1 aliphatic rings. The zero-order valence-corrected chi connectivity index (χ0v) is 14.2. The average molecular weight is 388 g/mol. The van der Waals surface area contributed by atoms with E-state index >= 15 is 0 Å². The summed E-state index contributed by atoms with van der Waals surface area (Å²) in [6.07, 6.45) is 3.23. The lowest BCUT2D eigenvalue weighted by molar-refractivity contribution is -0.113. The maximum absolute atomic E-state index is 12.2. The molecule has 122 valence electrons. The number of carbonyl (C=O) groups is 2. The Morgan fingerprint density at radius 2 is 1.83 bits per heavy atom. The van der Waals surface area contributed by atoms with Crippen LogP contribution in [0.15, 0.2) is 48.5 Å². The number of allylic oxidation sites excluding steroid dienone is 1. The molecule has 0 fully saturated rings. The van der Waals surface area contributed by atoms with Crippen molar-refractivity contribution in [3.05, 3.63) is 59.7 Å². The minimum absolute atomic E-state index is 0.119. The fraction of sp³-hybridized carbons (Fsp3) is 0.111. The number of amides is 1. The van der Waals surface area contributed by atoms with Gasteiger partial charge in [0.1, 0.15) is 0 Å². The molecule has 5 nitrogen and oxygen atoms in total. The van der Waals surface area contributed by atoms with Gasteiger partial charge in [-0.25, -0.2) is 0 Å². The van der Waals surface area contributed by atoms with Crippen LogP contribution in [-0.2, 0) is 4.79 Å². The Morgan fingerprint density at radius 3 is 2.58 bits per heavy atom. The van der Waals surface area contributed by atoms with Gasteiger partial charge in [0.2, 0.25) is 12.7 Å². The molecule has 0 atom stereocenters. The van der Waals surface area contributed by atoms with Crippen LogP contribution in [0.4, 0.5) is 5.69 Å². The summed E-state index contributed by atoms with van der Waals surface area (Å²) in [5.74, 6) is 1.12. The molecule has 1 aliphatic heterocycles. The average Bonchev–Trinajstić information content (AvgIpc) is 3.08. The second-order valence-corrected chi connectivity index (χ2v) is 5.63. The number of halogens is 1. The largest absolute Gasteiger partial charge is 0.454 e. The van der Waals surface area contributed by atoms with Gasteiger partial charge >= 0.3 is 0 Å². The van der Waals surface area contributed by atoms with E-state index in [2.05, 4.69) is 21.2 Å². The third-order valence-corrected chi connectivity index (χ3v) is 3.91. The van der Waals surface area contributed by atoms with E-state index in [1.807, 2.05) is 18.2 Å². The van der Waals surface area contributed by atoms with Crippen molar-refractivity contribution in [2.75, 3.05) is 17.4 Å². The van der Waals surface area contributed by atoms with Crippen LogP contribution < -0.4 is 14.8 Å². The maximum atomic E-state index is 12.2. The van der Waals surface area contributed by atoms with Crippen molar-refractivity contribution in [3.63, 3.8) is 0 Å². The Kier molecular flexibility index (Phi) is 4.96. The van der Waals surface area contributed by atoms with Gasteiger partial charge in [0.25, 0.3) is 0 Å². The molecule has 0 bridgehead atoms. The third-order valence-electron chi connectivity index (χ3n) is 3.40. The van der Waals surface area contributed by atoms with Gasteiger partial charge in [-0.05, 0) is 48.0 Å². The molecule has 0 spiro atoms. The molecule has 0 aliphatic carbocycles. The van der Waals surface area contributed by atoms with Gasteiger partial charge in [-0.2, -0.15) is 0 Å². The van der Waals surface area contributed by atoms with Crippen LogP contribution in [0.3, 0.4) is 0 Å². The highest BCUT2D eigenvalue weighted by atomic mass is 79.9. The second kappa shape index (κ2) is 7.31. The van der Waals surface area contributed by atoms with Gasteiger partial charge in [0.15, 0.2) is 17.3 Å². The summed E-state index contributed by atoms with van der Waals surface area (Å²) in [6.45, 7) is 0.222. The number of ether oxygens (including phenoxy) is 2. The summed E-state index contributed by atoms with van der Waals surface area (Å²) in [6, 6.07) is 12.2. The van der Waals surface area contributed by atoms with Crippen molar-refractivity contribution >= 4 is 39.4 Å². The van der Waals surface area contributed by atoms with Gasteiger partial charge in [0.05, 0.1) is 5.33 Å². The normalized spacial score (nSPS) is 12.4. The molecular formula is C18H14BrNO4. The lowest BCUT2D eigenvalue weighted by Crippen LogP contribution is -2.12. The number of hydrogen-bond acceptors (Lipinski definition) is 4. The molecule has 2 aromatic rings. The summed E-state index contributed by atoms with van der Waals surface area (Å²) >= 11 is 3.08. The molecule has 0 unspecified atom stereocenters. The number of nitrogens with one attached hydrogen (secondary N) is 1. The number of carbonyl (C=O) groups excluding carboxylic acids is 2. The number of hydrogen-bond donors (Lipinski definition) is 1. The first-order valence-corrected chi connectivity index (χ1v) is 8.36. The number of alkyl halides is 1. The zero-order chi connectivity index (χ0) is 16.9. The molecule has 2 aromatic carbocycles. The van der Waals surface area contributed by atoms with Gasteiger partial charge in [0, 0.05) is 11.3 Å². The molecule has 3 rings (SSSR count). The van der Waals surface area contributed by atoms with E-state index in [9.17, 15) is 9.59 Å². The van der Waals surface area contributed by atoms with Crippen LogP contribution in [0.5, 0.6) is 11.5 Å². The van der Waals surface area contributed by atoms with Gasteiger partial charge in [-0.3, -0.25) is 9.59 Å². The number of fused-ring (bicyclic) bond motifs is 1. The third kappa shape index (κ3) is 3.83. The van der Waals surface area contributed by atoms with Gasteiger partial charge in [-0.1, -0.05) is 28.1 Å². The fourth-order valence-corrected chi connectivity index (χ4v) is 2.34. The van der Waals surface area contributed by atoms with Crippen LogP contribution in [0.2, 0.25) is 0 Å². The molecule has 0 saturated carbocycles. The maximum Gasteiger partial charge on any atom is 0.235 e. The first-order valence-electron chi connectivity index (χ1n) is 7.23. The molecule has 0 aromatic heterocycles. The van der Waals surface area contributed by atoms with E-state index in [1.54, 1.807) is 30.3 Å². The minimum Gasteiger partial charge on any atom is -0.454 e. The van der Waals surface area contributed by atoms with Crippen LogP contribution >= 0.6 is 15.9 Å². The molecule has 24 heavy (non-hydrogen) atoms. The second-order valence-electron chi connectivity index (χ2n) is 5.07. The first-order chi connectivity index (χ1) is 11.7. The highest BCUT2D eigenvalue weighted by Crippen LogP contribution is 2.32. The predicted molar refractivity (Wildman–Crippen MR) is 94.8 cm³/mol. The zero-order valence-electron chi connectivity index (χ0n) is 12.6. The summed E-state index contributed by atoms with van der Waals surface area (Å²) < 4.78 is 10.6. The number of rotatable bonds is 5. The Bertz CT molecular complexity index is 799. The van der Waals surface area contributed by atoms with E-state index in [4.69, 9.17) is 9.47 Å². The van der Waals surface area contributed by atoms with Crippen LogP contribution in [-0.4, -0.2) is 23.8 Å². The van der Waals surface area contributed by atoms with E-state index in [0.717, 1.165) is 5.56 Å². The first kappa shape index (κ1) is 16.3. The van der Waals surface area contributed by atoms with Crippen molar-refractivity contribution in [1.29, 1.82) is 0 Å². The SMILES string of the molecule is O=C(CBr)Nc1ccc(C(=O)/C=C/c2ccc3c(c2)OCO3)cc1. The predicted octanol–water partition coefficient (Wildman–Crippen LogP) is 3.64. The number of benzene rings is 2. The standard InChI is InChI=1S/C18H14BrNO4/c19-10-18(22)20-14-5-3-13(4-6-14)15(21)7-1-12-2-8-16-17(9-12)24-11-23-16/h1-9H,10-11H2,(H,20,22)/b7-1+. The molecule has 0 saturated heterocycles. The van der Waals surface area contributed by atoms with E-state index < -0.39 is 0 Å². The highest BCUT2D eigenvalue weighted by molar-refractivity contribution is 9.09. The quantitative estimate of drug-likeness (QED) is 0.483. The Balaban J connectivity index is 1.67. The fourth-order valence-electron chi connectivity index (χ4n) is 2.20. The Labute approximate surface area is 147 Å². The highest BCUT2D eigenvalue weighted by Gasteiger charge is 2.12. The Hall–Kier alpha value is -2.60. The van der Waals surface area contributed by atoms with Crippen molar-refractivity contribution in [2.24, 2.45) is 0 Å². The summed E-state index contributed by atoms with van der Waals surface area (Å²) in [4.78, 5) is 23.5. The molecule has 1 heterocycles. The minimum atomic E-state index is -0.142. The van der Waals surface area contributed by atoms with Crippen molar-refractivity contribution in [1.82, 2.24) is 0 Å². The lowest BCUT2D eigenvalue weighted by atomic mass is 10.1. The van der Waals surface area contributed by atoms with Crippen LogP contribution in [0.1, 0.15) is 15.9 Å². The summed E-state index contributed by atoms with van der Waals surface area (Å²) in [5, 5.41) is 2.93.